The first-order chi connectivity index (χ1) is 7.91. The largest absolute Gasteiger partial charge is 0.480 e. The number of carboxylic acid groups (broad SMARTS) is 1. The lowest BCUT2D eigenvalue weighted by molar-refractivity contribution is -0.140. The fourth-order valence-corrected chi connectivity index (χ4v) is 1.80. The molecule has 0 fully saturated rings. The maximum Gasteiger partial charge on any atom is 0.320 e. The molecular formula is C12H21N3O2. The zero-order valence-electron chi connectivity index (χ0n) is 10.9. The van der Waals surface area contributed by atoms with Gasteiger partial charge < -0.3 is 10.4 Å². The summed E-state index contributed by atoms with van der Waals surface area (Å²) in [5, 5.41) is 19.2. The number of aryl methyl sites for hydroxylation is 2. The van der Waals surface area contributed by atoms with Crippen LogP contribution in [0.2, 0.25) is 0 Å². The smallest absolute Gasteiger partial charge is 0.320 e. The van der Waals surface area contributed by atoms with E-state index in [0.717, 1.165) is 17.0 Å². The third-order valence-corrected chi connectivity index (χ3v) is 2.81. The SMILES string of the molecule is Cc1n[nH]c(C)c1CNC(CC(C)C)C(=O)O. The third-order valence-electron chi connectivity index (χ3n) is 2.81. The van der Waals surface area contributed by atoms with E-state index in [1.807, 2.05) is 27.7 Å². The second-order valence-corrected chi connectivity index (χ2v) is 4.81. The van der Waals surface area contributed by atoms with Crippen LogP contribution in [0.5, 0.6) is 0 Å². The Hall–Kier alpha value is -1.36. The molecule has 5 heteroatoms. The van der Waals surface area contributed by atoms with Gasteiger partial charge in [0.15, 0.2) is 0 Å². The topological polar surface area (TPSA) is 78.0 Å². The van der Waals surface area contributed by atoms with Gasteiger partial charge in [0.05, 0.1) is 5.69 Å². The van der Waals surface area contributed by atoms with Crippen molar-refractivity contribution in [1.29, 1.82) is 0 Å². The number of carbonyl (C=O) groups is 1. The van der Waals surface area contributed by atoms with E-state index >= 15 is 0 Å². The Balaban J connectivity index is 2.61. The van der Waals surface area contributed by atoms with Crippen LogP contribution in [0.25, 0.3) is 0 Å². The number of aromatic nitrogens is 2. The Kier molecular flexibility index (Phi) is 4.69. The normalized spacial score (nSPS) is 13.0. The van der Waals surface area contributed by atoms with Crippen molar-refractivity contribution in [3.8, 4) is 0 Å². The fraction of sp³-hybridized carbons (Fsp3) is 0.667. The lowest BCUT2D eigenvalue weighted by Gasteiger charge is -2.16. The minimum Gasteiger partial charge on any atom is -0.480 e. The van der Waals surface area contributed by atoms with Crippen LogP contribution in [0.4, 0.5) is 0 Å². The fourth-order valence-electron chi connectivity index (χ4n) is 1.80. The highest BCUT2D eigenvalue weighted by Crippen LogP contribution is 2.11. The number of H-pyrrole nitrogens is 1. The minimum atomic E-state index is -0.794. The molecule has 0 aromatic carbocycles. The lowest BCUT2D eigenvalue weighted by Crippen LogP contribution is -2.37. The van der Waals surface area contributed by atoms with E-state index < -0.39 is 12.0 Å². The van der Waals surface area contributed by atoms with E-state index in [9.17, 15) is 4.79 Å². The zero-order valence-corrected chi connectivity index (χ0v) is 10.9. The highest BCUT2D eigenvalue weighted by Gasteiger charge is 2.19. The van der Waals surface area contributed by atoms with Crippen molar-refractivity contribution >= 4 is 5.97 Å². The molecular weight excluding hydrogens is 218 g/mol. The van der Waals surface area contributed by atoms with Gasteiger partial charge in [0.2, 0.25) is 0 Å². The average molecular weight is 239 g/mol. The first-order valence-electron chi connectivity index (χ1n) is 5.88. The number of aliphatic carboxylic acids is 1. The standard InChI is InChI=1S/C12H21N3O2/c1-7(2)5-11(12(16)17)13-6-10-8(3)14-15-9(10)4/h7,11,13H,5-6H2,1-4H3,(H,14,15)(H,16,17). The average Bonchev–Trinajstić information content (AvgIpc) is 2.53. The van der Waals surface area contributed by atoms with E-state index in [1.54, 1.807) is 0 Å². The summed E-state index contributed by atoms with van der Waals surface area (Å²) in [6.07, 6.45) is 0.630. The molecule has 0 saturated carbocycles. The first-order valence-corrected chi connectivity index (χ1v) is 5.88. The predicted molar refractivity (Wildman–Crippen MR) is 65.8 cm³/mol. The monoisotopic (exact) mass is 239 g/mol. The van der Waals surface area contributed by atoms with Crippen LogP contribution in [0.1, 0.15) is 37.2 Å². The van der Waals surface area contributed by atoms with Gasteiger partial charge in [0.1, 0.15) is 6.04 Å². The van der Waals surface area contributed by atoms with Crippen molar-refractivity contribution in [2.45, 2.75) is 46.7 Å². The summed E-state index contributed by atoms with van der Waals surface area (Å²) in [4.78, 5) is 11.1. The molecule has 3 N–H and O–H groups in total. The van der Waals surface area contributed by atoms with E-state index in [1.165, 1.54) is 0 Å². The van der Waals surface area contributed by atoms with Gasteiger partial charge in [-0.15, -0.1) is 0 Å². The minimum absolute atomic E-state index is 0.357. The predicted octanol–water partition coefficient (Wildman–Crippen LogP) is 1.62. The summed E-state index contributed by atoms with van der Waals surface area (Å²) < 4.78 is 0. The Labute approximate surface area is 102 Å². The molecule has 0 bridgehead atoms. The lowest BCUT2D eigenvalue weighted by atomic mass is 10.0. The van der Waals surface area contributed by atoms with Crippen LogP contribution in [0, 0.1) is 19.8 Å². The number of rotatable bonds is 6. The summed E-state index contributed by atoms with van der Waals surface area (Å²) in [5.41, 5.74) is 2.97. The van der Waals surface area contributed by atoms with E-state index in [4.69, 9.17) is 5.11 Å². The second kappa shape index (κ2) is 5.82. The Morgan fingerprint density at radius 1 is 1.47 bits per heavy atom. The molecule has 17 heavy (non-hydrogen) atoms. The van der Waals surface area contributed by atoms with Gasteiger partial charge in [0.25, 0.3) is 0 Å². The van der Waals surface area contributed by atoms with Gasteiger partial charge in [-0.3, -0.25) is 9.89 Å². The summed E-state index contributed by atoms with van der Waals surface area (Å²) in [6, 6.07) is -0.497. The van der Waals surface area contributed by atoms with E-state index in [2.05, 4.69) is 15.5 Å². The maximum atomic E-state index is 11.1. The molecule has 5 nitrogen and oxygen atoms in total. The van der Waals surface area contributed by atoms with E-state index in [-0.39, 0.29) is 0 Å². The van der Waals surface area contributed by atoms with Crippen LogP contribution in [-0.2, 0) is 11.3 Å². The molecule has 0 radical (unpaired) electrons. The van der Waals surface area contributed by atoms with Crippen LogP contribution >= 0.6 is 0 Å². The van der Waals surface area contributed by atoms with Crippen molar-refractivity contribution in [2.75, 3.05) is 0 Å². The molecule has 0 aliphatic rings. The van der Waals surface area contributed by atoms with Crippen molar-refractivity contribution in [1.82, 2.24) is 15.5 Å². The molecule has 1 atom stereocenters. The Bertz CT molecular complexity index is 366. The molecule has 1 heterocycles. The number of nitrogens with zero attached hydrogens (tertiary/aromatic N) is 1. The van der Waals surface area contributed by atoms with Crippen molar-refractivity contribution in [2.24, 2.45) is 5.92 Å². The summed E-state index contributed by atoms with van der Waals surface area (Å²) in [5.74, 6) is -0.437. The third kappa shape index (κ3) is 3.85. The molecule has 0 aliphatic heterocycles. The molecule has 0 saturated heterocycles. The van der Waals surface area contributed by atoms with Gasteiger partial charge in [-0.25, -0.2) is 0 Å². The number of hydrogen-bond acceptors (Lipinski definition) is 3. The number of aromatic amines is 1. The quantitative estimate of drug-likeness (QED) is 0.705. The highest BCUT2D eigenvalue weighted by molar-refractivity contribution is 5.73. The number of carboxylic acids is 1. The van der Waals surface area contributed by atoms with Gasteiger partial charge in [-0.1, -0.05) is 13.8 Å². The van der Waals surface area contributed by atoms with Crippen LogP contribution in [0.15, 0.2) is 0 Å². The van der Waals surface area contributed by atoms with Crippen LogP contribution in [-0.4, -0.2) is 27.3 Å². The Morgan fingerprint density at radius 2 is 2.12 bits per heavy atom. The Morgan fingerprint density at radius 3 is 2.53 bits per heavy atom. The molecule has 0 aliphatic carbocycles. The molecule has 1 rings (SSSR count). The summed E-state index contributed by atoms with van der Waals surface area (Å²) in [7, 11) is 0. The van der Waals surface area contributed by atoms with Crippen LogP contribution in [0.3, 0.4) is 0 Å². The first kappa shape index (κ1) is 13.7. The second-order valence-electron chi connectivity index (χ2n) is 4.81. The molecule has 0 amide bonds. The van der Waals surface area contributed by atoms with Crippen molar-refractivity contribution in [3.05, 3.63) is 17.0 Å². The molecule has 1 aromatic heterocycles. The van der Waals surface area contributed by atoms with Gasteiger partial charge >= 0.3 is 5.97 Å². The summed E-state index contributed by atoms with van der Waals surface area (Å²) in [6.45, 7) is 8.43. The van der Waals surface area contributed by atoms with Crippen LogP contribution < -0.4 is 5.32 Å². The molecule has 1 unspecified atom stereocenters. The number of hydrogen-bond donors (Lipinski definition) is 3. The molecule has 96 valence electrons. The number of nitrogens with one attached hydrogen (secondary N) is 2. The highest BCUT2D eigenvalue weighted by atomic mass is 16.4. The maximum absolute atomic E-state index is 11.1. The van der Waals surface area contributed by atoms with Gasteiger partial charge in [-0.2, -0.15) is 5.10 Å². The van der Waals surface area contributed by atoms with Crippen molar-refractivity contribution in [3.63, 3.8) is 0 Å². The molecule has 1 aromatic rings. The van der Waals surface area contributed by atoms with Crippen molar-refractivity contribution < 1.29 is 9.90 Å². The molecule has 0 spiro atoms. The zero-order chi connectivity index (χ0) is 13.0. The van der Waals surface area contributed by atoms with E-state index in [0.29, 0.717) is 18.9 Å². The van der Waals surface area contributed by atoms with Gasteiger partial charge in [0, 0.05) is 17.8 Å². The summed E-state index contributed by atoms with van der Waals surface area (Å²) >= 11 is 0. The van der Waals surface area contributed by atoms with Gasteiger partial charge in [-0.05, 0) is 26.2 Å².